The van der Waals surface area contributed by atoms with E-state index in [9.17, 15) is 0 Å². The number of nitrogens with zero attached hydrogens (tertiary/aromatic N) is 2. The molecule has 2 aromatic rings. The van der Waals surface area contributed by atoms with Crippen LogP contribution in [0.25, 0.3) is 0 Å². The molecule has 20 heavy (non-hydrogen) atoms. The lowest BCUT2D eigenvalue weighted by Crippen LogP contribution is -2.40. The van der Waals surface area contributed by atoms with E-state index in [0.29, 0.717) is 0 Å². The number of para-hydroxylation sites is 1. The molecule has 0 bridgehead atoms. The van der Waals surface area contributed by atoms with Crippen LogP contribution >= 0.6 is 12.6 Å². The van der Waals surface area contributed by atoms with E-state index in [1.807, 2.05) is 42.5 Å². The summed E-state index contributed by atoms with van der Waals surface area (Å²) in [6.07, 6.45) is 0. The van der Waals surface area contributed by atoms with E-state index >= 15 is 0 Å². The molecular formula is C15H17N3OS. The van der Waals surface area contributed by atoms with Gasteiger partial charge < -0.3 is 4.74 Å². The molecule has 1 N–H and O–H groups in total. The molecule has 0 amide bonds. The first-order valence-electron chi connectivity index (χ1n) is 6.47. The van der Waals surface area contributed by atoms with Crippen molar-refractivity contribution in [2.45, 2.75) is 5.50 Å². The van der Waals surface area contributed by atoms with Gasteiger partial charge in [0, 0.05) is 0 Å². The maximum Gasteiger partial charge on any atom is 0.146 e. The Bertz CT molecular complexity index is 561. The average Bonchev–Trinajstić information content (AvgIpc) is 2.90. The van der Waals surface area contributed by atoms with E-state index in [1.165, 1.54) is 0 Å². The Balaban J connectivity index is 1.91. The normalized spacial score (nSPS) is 18.4. The molecule has 0 saturated carbocycles. The Kier molecular flexibility index (Phi) is 3.71. The van der Waals surface area contributed by atoms with Crippen molar-refractivity contribution in [3.8, 4) is 5.75 Å². The maximum absolute atomic E-state index is 5.20. The van der Waals surface area contributed by atoms with Crippen LogP contribution < -0.4 is 20.1 Å². The Hall–Kier alpha value is -1.85. The van der Waals surface area contributed by atoms with Crippen molar-refractivity contribution in [1.82, 2.24) is 5.32 Å². The first-order valence-corrected chi connectivity index (χ1v) is 6.98. The molecule has 1 aliphatic rings. The van der Waals surface area contributed by atoms with E-state index in [4.69, 9.17) is 4.74 Å². The highest BCUT2D eigenvalue weighted by atomic mass is 32.1. The molecule has 2 aromatic carbocycles. The molecular weight excluding hydrogens is 270 g/mol. The number of anilines is 2. The van der Waals surface area contributed by atoms with Crippen molar-refractivity contribution in [3.05, 3.63) is 54.6 Å². The maximum atomic E-state index is 5.20. The number of hydrazine groups is 1. The molecule has 1 saturated heterocycles. The standard InChI is InChI=1S/C15H17N3OS/c1-19-14-9-7-12(8-10-14)17-11-16-15(20)18(17)13-5-3-2-4-6-13/h2-10,15-16,20H,11H2,1H3. The van der Waals surface area contributed by atoms with Gasteiger partial charge in [0.1, 0.15) is 11.2 Å². The summed E-state index contributed by atoms with van der Waals surface area (Å²) < 4.78 is 5.20. The number of nitrogens with one attached hydrogen (secondary N) is 1. The van der Waals surface area contributed by atoms with Crippen molar-refractivity contribution >= 4 is 24.0 Å². The zero-order chi connectivity index (χ0) is 13.9. The van der Waals surface area contributed by atoms with Crippen molar-refractivity contribution in [2.24, 2.45) is 0 Å². The predicted molar refractivity (Wildman–Crippen MR) is 85.2 cm³/mol. The molecule has 1 fully saturated rings. The summed E-state index contributed by atoms with van der Waals surface area (Å²) in [7, 11) is 1.67. The molecule has 5 heteroatoms. The van der Waals surface area contributed by atoms with Crippen LogP contribution in [0.5, 0.6) is 5.75 Å². The van der Waals surface area contributed by atoms with Gasteiger partial charge in [-0.15, -0.1) is 12.6 Å². The van der Waals surface area contributed by atoms with Crippen molar-refractivity contribution in [1.29, 1.82) is 0 Å². The Morgan fingerprint density at radius 3 is 2.40 bits per heavy atom. The zero-order valence-electron chi connectivity index (χ0n) is 11.2. The molecule has 1 unspecified atom stereocenters. The minimum absolute atomic E-state index is 0.0421. The Morgan fingerprint density at radius 1 is 1.05 bits per heavy atom. The van der Waals surface area contributed by atoms with E-state index in [2.05, 4.69) is 40.1 Å². The second-order valence-corrected chi connectivity index (χ2v) is 5.00. The number of thiol groups is 1. The monoisotopic (exact) mass is 287 g/mol. The fourth-order valence-electron chi connectivity index (χ4n) is 2.29. The van der Waals surface area contributed by atoms with Gasteiger partial charge in [-0.25, -0.2) is 0 Å². The molecule has 1 aliphatic heterocycles. The molecule has 1 atom stereocenters. The second kappa shape index (κ2) is 5.64. The minimum atomic E-state index is -0.0421. The number of hydrogen-bond acceptors (Lipinski definition) is 5. The quantitative estimate of drug-likeness (QED) is 0.849. The van der Waals surface area contributed by atoms with Crippen molar-refractivity contribution in [3.63, 3.8) is 0 Å². The lowest BCUT2D eigenvalue weighted by Gasteiger charge is -2.32. The third kappa shape index (κ3) is 2.42. The van der Waals surface area contributed by atoms with Crippen LogP contribution in [0, 0.1) is 0 Å². The number of methoxy groups -OCH3 is 1. The van der Waals surface area contributed by atoms with Crippen LogP contribution in [0.15, 0.2) is 54.6 Å². The Morgan fingerprint density at radius 2 is 1.75 bits per heavy atom. The highest BCUT2D eigenvalue weighted by Crippen LogP contribution is 2.29. The SMILES string of the molecule is COc1ccc(N2CNC(S)N2c2ccccc2)cc1. The van der Waals surface area contributed by atoms with Gasteiger partial charge in [-0.05, 0) is 36.4 Å². The lowest BCUT2D eigenvalue weighted by molar-refractivity contribution is 0.415. The van der Waals surface area contributed by atoms with E-state index in [-0.39, 0.29) is 5.50 Å². The summed E-state index contributed by atoms with van der Waals surface area (Å²) in [6.45, 7) is 0.718. The van der Waals surface area contributed by atoms with Crippen molar-refractivity contribution in [2.75, 3.05) is 23.8 Å². The van der Waals surface area contributed by atoms with Gasteiger partial charge in [0.05, 0.1) is 25.2 Å². The van der Waals surface area contributed by atoms with Gasteiger partial charge in [0.15, 0.2) is 0 Å². The molecule has 1 heterocycles. The molecule has 3 rings (SSSR count). The van der Waals surface area contributed by atoms with Gasteiger partial charge in [0.2, 0.25) is 0 Å². The third-order valence-corrected chi connectivity index (χ3v) is 3.71. The average molecular weight is 287 g/mol. The van der Waals surface area contributed by atoms with Crippen LogP contribution in [0.3, 0.4) is 0 Å². The highest BCUT2D eigenvalue weighted by Gasteiger charge is 2.29. The fraction of sp³-hybridized carbons (Fsp3) is 0.200. The first-order chi connectivity index (χ1) is 9.79. The van der Waals surface area contributed by atoms with Gasteiger partial charge >= 0.3 is 0 Å². The first kappa shape index (κ1) is 13.1. The topological polar surface area (TPSA) is 27.7 Å². The molecule has 0 aromatic heterocycles. The summed E-state index contributed by atoms with van der Waals surface area (Å²) in [5.41, 5.74) is 2.16. The van der Waals surface area contributed by atoms with Crippen LogP contribution in [0.1, 0.15) is 0 Å². The van der Waals surface area contributed by atoms with E-state index in [0.717, 1.165) is 23.8 Å². The molecule has 4 nitrogen and oxygen atoms in total. The van der Waals surface area contributed by atoms with Crippen molar-refractivity contribution < 1.29 is 4.74 Å². The van der Waals surface area contributed by atoms with Gasteiger partial charge in [-0.1, -0.05) is 18.2 Å². The summed E-state index contributed by atoms with van der Waals surface area (Å²) in [5, 5.41) is 7.62. The molecule has 0 radical (unpaired) electrons. The molecule has 104 valence electrons. The third-order valence-electron chi connectivity index (χ3n) is 3.31. The summed E-state index contributed by atoms with van der Waals surface area (Å²) >= 11 is 4.60. The molecule has 0 spiro atoms. The fourth-order valence-corrected chi connectivity index (χ4v) is 2.63. The number of rotatable bonds is 3. The van der Waals surface area contributed by atoms with E-state index in [1.54, 1.807) is 7.11 Å². The van der Waals surface area contributed by atoms with Gasteiger partial charge in [-0.3, -0.25) is 15.3 Å². The highest BCUT2D eigenvalue weighted by molar-refractivity contribution is 7.81. The van der Waals surface area contributed by atoms with Crippen LogP contribution in [-0.2, 0) is 0 Å². The number of benzene rings is 2. The summed E-state index contributed by atoms with van der Waals surface area (Å²) in [4.78, 5) is 0. The van der Waals surface area contributed by atoms with Crippen LogP contribution in [-0.4, -0.2) is 19.3 Å². The number of ether oxygens (including phenoxy) is 1. The van der Waals surface area contributed by atoms with Crippen LogP contribution in [0.4, 0.5) is 11.4 Å². The zero-order valence-corrected chi connectivity index (χ0v) is 12.1. The van der Waals surface area contributed by atoms with Crippen LogP contribution in [0.2, 0.25) is 0 Å². The Labute approximate surface area is 124 Å². The summed E-state index contributed by atoms with van der Waals surface area (Å²) in [6, 6.07) is 18.2. The predicted octanol–water partition coefficient (Wildman–Crippen LogP) is 2.70. The lowest BCUT2D eigenvalue weighted by atomic mass is 10.3. The summed E-state index contributed by atoms with van der Waals surface area (Å²) in [5.74, 6) is 0.856. The molecule has 0 aliphatic carbocycles. The largest absolute Gasteiger partial charge is 0.497 e. The smallest absolute Gasteiger partial charge is 0.146 e. The van der Waals surface area contributed by atoms with Gasteiger partial charge in [-0.2, -0.15) is 0 Å². The second-order valence-electron chi connectivity index (χ2n) is 4.51. The minimum Gasteiger partial charge on any atom is -0.497 e. The van der Waals surface area contributed by atoms with Gasteiger partial charge in [0.25, 0.3) is 0 Å². The number of hydrogen-bond donors (Lipinski definition) is 2. The van der Waals surface area contributed by atoms with E-state index < -0.39 is 0 Å².